The summed E-state index contributed by atoms with van der Waals surface area (Å²) in [7, 11) is 0. The lowest BCUT2D eigenvalue weighted by Gasteiger charge is -2.49. The van der Waals surface area contributed by atoms with Crippen molar-refractivity contribution in [3.8, 4) is 0 Å². The smallest absolute Gasteiger partial charge is 0.431 e. The van der Waals surface area contributed by atoms with Crippen LogP contribution in [0.15, 0.2) is 137 Å². The lowest BCUT2D eigenvalue weighted by molar-refractivity contribution is -0.169. The third kappa shape index (κ3) is 9.43. The van der Waals surface area contributed by atoms with E-state index in [2.05, 4.69) is 20.4 Å². The Morgan fingerprint density at radius 2 is 1.53 bits per heavy atom. The number of esters is 1. The number of carbonyl (C=O) groups excluding carboxylic acids is 4. The average molecular weight is 899 g/mol. The van der Waals surface area contributed by atoms with E-state index in [1.165, 1.54) is 23.6 Å². The highest BCUT2D eigenvalue weighted by Crippen LogP contribution is 2.43. The van der Waals surface area contributed by atoms with Gasteiger partial charge in [-0.3, -0.25) is 19.5 Å². The molecule has 0 radical (unpaired) electrons. The molecule has 0 spiro atoms. The van der Waals surface area contributed by atoms with Crippen LogP contribution in [0.4, 0.5) is 9.93 Å². The summed E-state index contributed by atoms with van der Waals surface area (Å²) in [6.45, 7) is 3.27. The van der Waals surface area contributed by atoms with Crippen LogP contribution in [0, 0.1) is 6.92 Å². The molecular weight excluding hydrogens is 853 g/mol. The number of thioether (sulfide) groups is 1. The average Bonchev–Trinajstić information content (AvgIpc) is 3.75. The van der Waals surface area contributed by atoms with E-state index >= 15 is 0 Å². The van der Waals surface area contributed by atoms with Crippen LogP contribution in [0.25, 0.3) is 6.08 Å². The Bertz CT molecular complexity index is 2480. The number of amides is 2. The number of hydrogen-bond acceptors (Lipinski definition) is 14. The summed E-state index contributed by atoms with van der Waals surface area (Å²) in [6, 6.07) is 31.2. The van der Waals surface area contributed by atoms with Crippen molar-refractivity contribution in [2.75, 3.05) is 11.5 Å². The van der Waals surface area contributed by atoms with Gasteiger partial charge in [0.05, 0.1) is 0 Å². The fourth-order valence-corrected chi connectivity index (χ4v) is 9.80. The van der Waals surface area contributed by atoms with Gasteiger partial charge in [-0.25, -0.2) is 14.6 Å². The lowest BCUT2D eigenvalue weighted by Crippen LogP contribution is -2.71. The first-order valence-electron chi connectivity index (χ1n) is 20.9. The minimum atomic E-state index is -1.33. The second kappa shape index (κ2) is 19.7. The number of aromatic nitrogens is 2. The number of pyridine rings is 1. The number of aryl methyl sites for hydroxylation is 1. The zero-order chi connectivity index (χ0) is 44.6. The number of hydrogen-bond donors (Lipinski definition) is 2. The van der Waals surface area contributed by atoms with Crippen molar-refractivity contribution >= 4 is 64.0 Å². The molecule has 3 N–H and O–H groups in total. The third-order valence-electron chi connectivity index (χ3n) is 11.1. The Hall–Kier alpha value is -6.78. The fourth-order valence-electron chi connectivity index (χ4n) is 7.94. The van der Waals surface area contributed by atoms with Crippen LogP contribution in [0.3, 0.4) is 0 Å². The van der Waals surface area contributed by atoms with Crippen LogP contribution in [0.5, 0.6) is 0 Å². The highest BCUT2D eigenvalue weighted by molar-refractivity contribution is 8.00. The Labute approximate surface area is 378 Å². The van der Waals surface area contributed by atoms with E-state index in [4.69, 9.17) is 24.8 Å². The van der Waals surface area contributed by atoms with Crippen molar-refractivity contribution in [2.45, 2.75) is 75.4 Å². The first-order valence-corrected chi connectivity index (χ1v) is 22.9. The maximum absolute atomic E-state index is 14.5. The van der Waals surface area contributed by atoms with E-state index < -0.39 is 47.2 Å². The number of thiazole rings is 1. The molecule has 5 aromatic rings. The number of nitrogen functional groups attached to an aromatic ring is 1. The van der Waals surface area contributed by atoms with Crippen molar-refractivity contribution in [3.63, 3.8) is 0 Å². The van der Waals surface area contributed by atoms with Gasteiger partial charge in [-0.05, 0) is 49.8 Å². The predicted octanol–water partition coefficient (Wildman–Crippen LogP) is 7.88. The molecule has 1 aliphatic carbocycles. The molecule has 2 fully saturated rings. The highest BCUT2D eigenvalue weighted by Gasteiger charge is 2.55. The van der Waals surface area contributed by atoms with Gasteiger partial charge >= 0.3 is 12.1 Å². The molecule has 2 aromatic heterocycles. The predicted molar refractivity (Wildman–Crippen MR) is 243 cm³/mol. The van der Waals surface area contributed by atoms with Gasteiger partial charge in [0.15, 0.2) is 10.8 Å². The molecular formula is C48H46N6O8S2. The number of nitrogens with two attached hydrogens (primary N) is 1. The highest BCUT2D eigenvalue weighted by atomic mass is 32.2. The van der Waals surface area contributed by atoms with Gasteiger partial charge in [0, 0.05) is 46.6 Å². The van der Waals surface area contributed by atoms with Crippen LogP contribution < -0.4 is 11.1 Å². The van der Waals surface area contributed by atoms with Gasteiger partial charge in [-0.1, -0.05) is 121 Å². The zero-order valence-electron chi connectivity index (χ0n) is 35.1. The Morgan fingerprint density at radius 1 is 0.891 bits per heavy atom. The van der Waals surface area contributed by atoms with Gasteiger partial charge in [-0.2, -0.15) is 0 Å². The van der Waals surface area contributed by atoms with E-state index in [9.17, 15) is 19.2 Å². The molecule has 1 saturated carbocycles. The number of carbonyl (C=O) groups is 4. The van der Waals surface area contributed by atoms with E-state index in [1.54, 1.807) is 29.8 Å². The molecule has 3 aliphatic rings. The van der Waals surface area contributed by atoms with Crippen molar-refractivity contribution in [1.29, 1.82) is 0 Å². The number of benzene rings is 3. The van der Waals surface area contributed by atoms with E-state index in [0.717, 1.165) is 71.4 Å². The lowest BCUT2D eigenvalue weighted by atomic mass is 9.80. The number of fused-ring (bicyclic) bond motifs is 1. The number of nitrogens with one attached hydrogen (secondary N) is 1. The molecule has 2 aliphatic heterocycles. The summed E-state index contributed by atoms with van der Waals surface area (Å²) in [5, 5.41) is 8.48. The summed E-state index contributed by atoms with van der Waals surface area (Å²) in [6.07, 6.45) is 7.16. The SMILES string of the molecule is Cc1ncccc1/C=C\C1=C(C(=O)OC(C)OC(=O)OC2CCCCC2)N2C(=O)[C@@H](NC(=O)C(=NOC(c3ccccc3)(c3ccccc3)c3ccccc3)c3csc(N)n3)[C@@H]2SC1. The van der Waals surface area contributed by atoms with Gasteiger partial charge in [-0.15, -0.1) is 23.1 Å². The molecule has 3 aromatic carbocycles. The number of anilines is 1. The van der Waals surface area contributed by atoms with Gasteiger partial charge in [0.25, 0.3) is 11.8 Å². The maximum atomic E-state index is 14.5. The van der Waals surface area contributed by atoms with Crippen molar-refractivity contribution < 1.29 is 38.2 Å². The Kier molecular flexibility index (Phi) is 13.5. The second-order valence-electron chi connectivity index (χ2n) is 15.3. The quantitative estimate of drug-likeness (QED) is 0.0275. The largest absolute Gasteiger partial charge is 0.511 e. The van der Waals surface area contributed by atoms with Crippen molar-refractivity contribution in [2.24, 2.45) is 5.16 Å². The zero-order valence-corrected chi connectivity index (χ0v) is 36.8. The monoisotopic (exact) mass is 898 g/mol. The number of β-lactam (4-membered cyclic amide) rings is 1. The molecule has 14 nitrogen and oxygen atoms in total. The summed E-state index contributed by atoms with van der Waals surface area (Å²) < 4.78 is 16.4. The summed E-state index contributed by atoms with van der Waals surface area (Å²) in [5.41, 5.74) is 8.91. The molecule has 328 valence electrons. The third-order valence-corrected chi connectivity index (χ3v) is 13.1. The van der Waals surface area contributed by atoms with E-state index in [1.807, 2.05) is 104 Å². The Balaban J connectivity index is 1.08. The van der Waals surface area contributed by atoms with Gasteiger partial charge < -0.3 is 30.1 Å². The number of nitrogens with zero attached hydrogens (tertiary/aromatic N) is 4. The topological polar surface area (TPSA) is 185 Å². The standard InChI is InChI=1S/C48H46N6O8S2/c1-30-32(16-15-27-50-30)25-26-33-28-63-44-40(43(56)54(44)41(33)45(57)59-31(2)60-47(58)61-37-23-13-6-14-24-37)52-42(55)39(38-29-64-46(49)51-38)53-62-48(34-17-7-3-8-18-34,35-19-9-4-10-20-35)36-21-11-5-12-22-36/h3-5,7-12,15-22,25-27,29,31,37,40,44H,6,13-14,23-24,28H2,1-2H3,(H2,49,51)(H,52,55)/b26-25-,53-39?/t31?,40-,44+/m1/s1. The van der Waals surface area contributed by atoms with Crippen LogP contribution in [-0.2, 0) is 39.0 Å². The number of oxime groups is 1. The number of allylic oxidation sites excluding steroid dienone is 1. The number of rotatable bonds is 14. The molecule has 4 heterocycles. The molecule has 1 unspecified atom stereocenters. The maximum Gasteiger partial charge on any atom is 0.511 e. The van der Waals surface area contributed by atoms with Crippen LogP contribution in [-0.4, -0.2) is 74.1 Å². The summed E-state index contributed by atoms with van der Waals surface area (Å²) >= 11 is 2.47. The summed E-state index contributed by atoms with van der Waals surface area (Å²) in [5.74, 6) is -1.95. The van der Waals surface area contributed by atoms with Crippen molar-refractivity contribution in [3.05, 3.63) is 166 Å². The number of ether oxygens (including phenoxy) is 3. The van der Waals surface area contributed by atoms with Crippen molar-refractivity contribution in [1.82, 2.24) is 20.2 Å². The van der Waals surface area contributed by atoms with Gasteiger partial charge in [0.2, 0.25) is 11.9 Å². The van der Waals surface area contributed by atoms with Crippen LogP contribution >= 0.6 is 23.1 Å². The first-order chi connectivity index (χ1) is 31.1. The molecule has 2 amide bonds. The normalized spacial score (nSPS) is 18.4. The molecule has 1 saturated heterocycles. The molecule has 3 atom stereocenters. The summed E-state index contributed by atoms with van der Waals surface area (Å²) in [4.78, 5) is 72.1. The van der Waals surface area contributed by atoms with E-state index in [0.29, 0.717) is 5.57 Å². The molecule has 8 rings (SSSR count). The molecule has 16 heteroatoms. The minimum Gasteiger partial charge on any atom is -0.431 e. The molecule has 0 bridgehead atoms. The van der Waals surface area contributed by atoms with Crippen LogP contribution in [0.1, 0.15) is 72.7 Å². The Morgan fingerprint density at radius 3 is 2.12 bits per heavy atom. The van der Waals surface area contributed by atoms with Crippen LogP contribution in [0.2, 0.25) is 0 Å². The van der Waals surface area contributed by atoms with Gasteiger partial charge in [0.1, 0.15) is 28.9 Å². The fraction of sp³-hybridized carbons (Fsp3) is 0.271. The first kappa shape index (κ1) is 43.9. The molecule has 64 heavy (non-hydrogen) atoms. The minimum absolute atomic E-state index is 0.0454. The second-order valence-corrected chi connectivity index (χ2v) is 17.3. The van der Waals surface area contributed by atoms with E-state index in [-0.39, 0.29) is 34.1 Å².